The molecule has 0 atom stereocenters. The predicted octanol–water partition coefficient (Wildman–Crippen LogP) is 23.3. The summed E-state index contributed by atoms with van der Waals surface area (Å²) in [6.45, 7) is 0. The first kappa shape index (κ1) is 48.5. The molecule has 3 aliphatic rings. The highest BCUT2D eigenvalue weighted by Crippen LogP contribution is 2.64. The molecule has 17 rings (SSSR count). The highest BCUT2D eigenvalue weighted by atomic mass is 15.2. The van der Waals surface area contributed by atoms with Gasteiger partial charge in [0, 0.05) is 38.3 Å². The van der Waals surface area contributed by atoms with Crippen LogP contribution in [-0.2, 0) is 5.41 Å². The van der Waals surface area contributed by atoms with Crippen molar-refractivity contribution in [2.75, 3.05) is 9.80 Å². The van der Waals surface area contributed by atoms with E-state index in [0.717, 1.165) is 0 Å². The Kier molecular flexibility index (Phi) is 11.4. The lowest BCUT2D eigenvalue weighted by Crippen LogP contribution is -2.44. The predicted molar refractivity (Wildman–Crippen MR) is 355 cm³/mol. The van der Waals surface area contributed by atoms with E-state index in [4.69, 9.17) is 0 Å². The SMILES string of the molecule is c1ccc2c(c1)ccc1c(N(c3ccc4c(c3)C(C3CCCCC3)(C3CCCCC3)c3cc(N(c5cccc6c5ccc5ccccc56)c5cccc6c5ccc5ccccc56)ccc3-4)c3cccc4c3ccc3ccccc34)cccc12. The Bertz CT molecular complexity index is 4370. The van der Waals surface area contributed by atoms with Gasteiger partial charge >= 0.3 is 0 Å². The molecular weight excluding hydrogens is 1000 g/mol. The molecule has 0 aliphatic heterocycles. The maximum absolute atomic E-state index is 2.72. The van der Waals surface area contributed by atoms with Crippen molar-refractivity contribution in [1.82, 2.24) is 0 Å². The van der Waals surface area contributed by atoms with Crippen LogP contribution in [0.25, 0.3) is 97.3 Å². The molecule has 2 saturated carbocycles. The highest BCUT2D eigenvalue weighted by Gasteiger charge is 2.54. The van der Waals surface area contributed by atoms with Crippen molar-refractivity contribution in [1.29, 1.82) is 0 Å². The quantitative estimate of drug-likeness (QED) is 0.140. The lowest BCUT2D eigenvalue weighted by molar-refractivity contribution is 0.137. The summed E-state index contributed by atoms with van der Waals surface area (Å²) in [7, 11) is 0. The zero-order valence-electron chi connectivity index (χ0n) is 46.9. The average Bonchev–Trinajstić information content (AvgIpc) is 2.50. The summed E-state index contributed by atoms with van der Waals surface area (Å²) >= 11 is 0. The normalized spacial score (nSPS) is 15.5. The van der Waals surface area contributed by atoms with Gasteiger partial charge in [0.05, 0.1) is 22.7 Å². The summed E-state index contributed by atoms with van der Waals surface area (Å²) in [4.78, 5) is 5.29. The summed E-state index contributed by atoms with van der Waals surface area (Å²) in [6.07, 6.45) is 12.7. The Morgan fingerprint density at radius 2 is 0.530 bits per heavy atom. The number of hydrogen-bond acceptors (Lipinski definition) is 2. The number of fused-ring (bicyclic) bond motifs is 15. The summed E-state index contributed by atoms with van der Waals surface area (Å²) in [5, 5.41) is 20.3. The molecule has 2 nitrogen and oxygen atoms in total. The Morgan fingerprint density at radius 3 is 0.843 bits per heavy atom. The monoisotopic (exact) mass is 1060 g/mol. The number of benzene rings is 14. The summed E-state index contributed by atoms with van der Waals surface area (Å²) in [5.74, 6) is 1.01. The Hall–Kier alpha value is -9.24. The number of anilines is 6. The van der Waals surface area contributed by atoms with Gasteiger partial charge in [-0.05, 0) is 173 Å². The molecule has 0 radical (unpaired) electrons. The van der Waals surface area contributed by atoms with Gasteiger partial charge in [-0.1, -0.05) is 245 Å². The molecule has 14 aromatic carbocycles. The maximum atomic E-state index is 2.72. The summed E-state index contributed by atoms with van der Waals surface area (Å²) in [6, 6.07) is 97.9. The van der Waals surface area contributed by atoms with Crippen molar-refractivity contribution < 1.29 is 0 Å². The molecule has 0 aromatic heterocycles. The fourth-order valence-electron chi connectivity index (χ4n) is 16.7. The standard InChI is InChI=1S/C81H64N2/c1-3-23-57(24-4-1)81(58-25-5-2-6-26-58)75-51-59(82(77-35-15-31-65-61-27-11-7-19-53(61)39-45-71(65)77)78-36-16-32-66-62-28-12-8-20-54(62)40-46-72(66)78)43-49-69(75)70-50-44-60(52-76(70)81)83(79-37-17-33-67-63-29-13-9-21-55(63)41-47-73(67)79)80-38-18-34-68-64-30-14-10-22-56(64)42-48-74(68)80/h7-22,27-52,57-58H,1-6,23-26H2. The molecule has 398 valence electrons. The molecule has 2 heteroatoms. The van der Waals surface area contributed by atoms with Crippen LogP contribution < -0.4 is 9.80 Å². The third-order valence-electron chi connectivity index (χ3n) is 20.2. The molecule has 0 amide bonds. The second kappa shape index (κ2) is 19.5. The van der Waals surface area contributed by atoms with Crippen LogP contribution in [0.4, 0.5) is 34.1 Å². The van der Waals surface area contributed by atoms with E-state index in [9.17, 15) is 0 Å². The van der Waals surface area contributed by atoms with Crippen molar-refractivity contribution in [3.05, 3.63) is 266 Å². The van der Waals surface area contributed by atoms with E-state index in [2.05, 4.69) is 265 Å². The fourth-order valence-corrected chi connectivity index (χ4v) is 16.7. The topological polar surface area (TPSA) is 6.48 Å². The van der Waals surface area contributed by atoms with Gasteiger partial charge in [-0.2, -0.15) is 0 Å². The maximum Gasteiger partial charge on any atom is 0.0540 e. The highest BCUT2D eigenvalue weighted by molar-refractivity contribution is 6.18. The van der Waals surface area contributed by atoms with E-state index in [1.165, 1.54) is 196 Å². The van der Waals surface area contributed by atoms with Crippen molar-refractivity contribution in [3.8, 4) is 11.1 Å². The Morgan fingerprint density at radius 1 is 0.241 bits per heavy atom. The minimum atomic E-state index is -0.192. The van der Waals surface area contributed by atoms with Crippen molar-refractivity contribution >= 4 is 120 Å². The zero-order valence-corrected chi connectivity index (χ0v) is 46.9. The van der Waals surface area contributed by atoms with Crippen LogP contribution in [0.5, 0.6) is 0 Å². The number of rotatable bonds is 8. The first-order chi connectivity index (χ1) is 41.2. The van der Waals surface area contributed by atoms with Crippen molar-refractivity contribution in [3.63, 3.8) is 0 Å². The second-order valence-corrected chi connectivity index (χ2v) is 24.3. The molecule has 3 aliphatic carbocycles. The van der Waals surface area contributed by atoms with Crippen LogP contribution in [0, 0.1) is 11.8 Å². The molecule has 14 aromatic rings. The van der Waals surface area contributed by atoms with Crippen LogP contribution in [-0.4, -0.2) is 0 Å². The summed E-state index contributed by atoms with van der Waals surface area (Å²) < 4.78 is 0. The van der Waals surface area contributed by atoms with Gasteiger partial charge < -0.3 is 9.80 Å². The number of nitrogens with zero attached hydrogens (tertiary/aromatic N) is 2. The van der Waals surface area contributed by atoms with Crippen molar-refractivity contribution in [2.45, 2.75) is 69.6 Å². The minimum absolute atomic E-state index is 0.192. The van der Waals surface area contributed by atoms with E-state index >= 15 is 0 Å². The molecule has 0 saturated heterocycles. The number of hydrogen-bond donors (Lipinski definition) is 0. The van der Waals surface area contributed by atoms with E-state index in [1.807, 2.05) is 0 Å². The van der Waals surface area contributed by atoms with Gasteiger partial charge in [-0.3, -0.25) is 0 Å². The van der Waals surface area contributed by atoms with E-state index in [0.29, 0.717) is 11.8 Å². The van der Waals surface area contributed by atoms with Crippen LogP contribution in [0.1, 0.15) is 75.3 Å². The summed E-state index contributed by atoms with van der Waals surface area (Å²) in [5.41, 5.74) is 13.0. The zero-order chi connectivity index (χ0) is 54.6. The molecule has 0 heterocycles. The minimum Gasteiger partial charge on any atom is -0.309 e. The van der Waals surface area contributed by atoms with E-state index in [1.54, 1.807) is 11.1 Å². The lowest BCUT2D eigenvalue weighted by Gasteiger charge is -2.49. The van der Waals surface area contributed by atoms with Gasteiger partial charge in [0.1, 0.15) is 0 Å². The first-order valence-corrected chi connectivity index (χ1v) is 30.7. The van der Waals surface area contributed by atoms with E-state index < -0.39 is 0 Å². The third-order valence-corrected chi connectivity index (χ3v) is 20.2. The van der Waals surface area contributed by atoms with Crippen LogP contribution >= 0.6 is 0 Å². The van der Waals surface area contributed by atoms with Crippen LogP contribution in [0.2, 0.25) is 0 Å². The molecule has 0 bridgehead atoms. The van der Waals surface area contributed by atoms with Crippen LogP contribution in [0.15, 0.2) is 255 Å². The van der Waals surface area contributed by atoms with Gasteiger partial charge in [-0.25, -0.2) is 0 Å². The van der Waals surface area contributed by atoms with Gasteiger partial charge in [0.2, 0.25) is 0 Å². The largest absolute Gasteiger partial charge is 0.309 e. The molecule has 0 unspecified atom stereocenters. The molecule has 2 fully saturated rings. The van der Waals surface area contributed by atoms with Crippen molar-refractivity contribution in [2.24, 2.45) is 11.8 Å². The first-order valence-electron chi connectivity index (χ1n) is 30.7. The van der Waals surface area contributed by atoms with E-state index in [-0.39, 0.29) is 5.41 Å². The molecule has 0 N–H and O–H groups in total. The second-order valence-electron chi connectivity index (χ2n) is 24.3. The van der Waals surface area contributed by atoms with Gasteiger partial charge in [0.25, 0.3) is 0 Å². The third kappa shape index (κ3) is 7.48. The molecule has 83 heavy (non-hydrogen) atoms. The Balaban J connectivity index is 0.934. The van der Waals surface area contributed by atoms with Crippen LogP contribution in [0.3, 0.4) is 0 Å². The smallest absolute Gasteiger partial charge is 0.0540 e. The average molecular weight is 1070 g/mol. The van der Waals surface area contributed by atoms with Gasteiger partial charge in [0.15, 0.2) is 0 Å². The lowest BCUT2D eigenvalue weighted by atomic mass is 9.54. The molecule has 0 spiro atoms. The fraction of sp³-hybridized carbons (Fsp3) is 0.160. The Labute approximate surface area is 485 Å². The van der Waals surface area contributed by atoms with Gasteiger partial charge in [-0.15, -0.1) is 0 Å². The molecular formula is C81H64N2.